The van der Waals surface area contributed by atoms with Crippen molar-refractivity contribution < 1.29 is 18.7 Å². The smallest absolute Gasteiger partial charge is 0.415 e. The Morgan fingerprint density at radius 2 is 1.79 bits per heavy atom. The molecule has 0 bridgehead atoms. The molecule has 0 unspecified atom stereocenters. The van der Waals surface area contributed by atoms with Crippen LogP contribution < -0.4 is 16.0 Å². The van der Waals surface area contributed by atoms with Crippen LogP contribution in [0.3, 0.4) is 0 Å². The Labute approximate surface area is 170 Å². The second-order valence-electron chi connectivity index (χ2n) is 7.87. The highest BCUT2D eigenvalue weighted by Crippen LogP contribution is 2.22. The highest BCUT2D eigenvalue weighted by atomic mass is 19.1. The molecule has 0 saturated heterocycles. The third kappa shape index (κ3) is 7.19. The van der Waals surface area contributed by atoms with Gasteiger partial charge in [0.1, 0.15) is 11.4 Å². The maximum absolute atomic E-state index is 13.6. The quantitative estimate of drug-likeness (QED) is 0.740. The van der Waals surface area contributed by atoms with Crippen molar-refractivity contribution in [2.45, 2.75) is 52.4 Å². The fraction of sp³-hybridized carbons (Fsp3) is 0.364. The molecule has 0 aliphatic rings. The predicted molar refractivity (Wildman–Crippen MR) is 111 cm³/mol. The summed E-state index contributed by atoms with van der Waals surface area (Å²) >= 11 is 0. The number of carbonyl (C=O) groups is 2. The van der Waals surface area contributed by atoms with Crippen molar-refractivity contribution in [3.05, 3.63) is 65.5 Å². The molecule has 0 fully saturated rings. The molecular formula is C22H28FN3O3. The molecule has 2 rings (SSSR count). The van der Waals surface area contributed by atoms with Gasteiger partial charge < -0.3 is 15.8 Å². The lowest BCUT2D eigenvalue weighted by Gasteiger charge is -2.27. The Bertz CT molecular complexity index is 847. The second-order valence-corrected chi connectivity index (χ2v) is 7.87. The molecule has 6 nitrogen and oxygen atoms in total. The molecule has 0 spiro atoms. The lowest BCUT2D eigenvalue weighted by molar-refractivity contribution is -0.119. The largest absolute Gasteiger partial charge is 0.443 e. The Morgan fingerprint density at radius 1 is 1.14 bits per heavy atom. The third-order valence-electron chi connectivity index (χ3n) is 4.13. The van der Waals surface area contributed by atoms with Crippen LogP contribution in [-0.4, -0.2) is 23.6 Å². The number of nitrogens with two attached hydrogens (primary N) is 1. The van der Waals surface area contributed by atoms with Gasteiger partial charge in [-0.05, 0) is 63.1 Å². The van der Waals surface area contributed by atoms with Gasteiger partial charge in [-0.15, -0.1) is 0 Å². The SMILES string of the molecule is C[C@H](NCc1ccc(N(Cc2cccc(F)c2)C(=O)OC(C)(C)C)cc1)C(N)=O. The lowest BCUT2D eigenvalue weighted by Crippen LogP contribution is -2.38. The van der Waals surface area contributed by atoms with Gasteiger partial charge in [0.05, 0.1) is 12.6 Å². The van der Waals surface area contributed by atoms with E-state index < -0.39 is 23.6 Å². The zero-order valence-corrected chi connectivity index (χ0v) is 17.2. The maximum atomic E-state index is 13.6. The molecule has 0 radical (unpaired) electrons. The summed E-state index contributed by atoms with van der Waals surface area (Å²) in [6.45, 7) is 7.70. The van der Waals surface area contributed by atoms with Crippen molar-refractivity contribution in [1.82, 2.24) is 5.32 Å². The minimum atomic E-state index is -0.661. The Balaban J connectivity index is 2.21. The molecule has 7 heteroatoms. The zero-order valence-electron chi connectivity index (χ0n) is 17.2. The van der Waals surface area contributed by atoms with Crippen LogP contribution in [0.1, 0.15) is 38.8 Å². The van der Waals surface area contributed by atoms with Crippen LogP contribution in [0.2, 0.25) is 0 Å². The fourth-order valence-corrected chi connectivity index (χ4v) is 2.56. The number of carbonyl (C=O) groups excluding carboxylic acids is 2. The summed E-state index contributed by atoms with van der Waals surface area (Å²) in [7, 11) is 0. The molecular weight excluding hydrogens is 373 g/mol. The first kappa shape index (κ1) is 22.4. The van der Waals surface area contributed by atoms with E-state index in [1.165, 1.54) is 17.0 Å². The second kappa shape index (κ2) is 9.52. The van der Waals surface area contributed by atoms with E-state index in [-0.39, 0.29) is 12.4 Å². The summed E-state index contributed by atoms with van der Waals surface area (Å²) in [5, 5.41) is 3.03. The van der Waals surface area contributed by atoms with Gasteiger partial charge in [0, 0.05) is 12.2 Å². The number of hydrogen-bond acceptors (Lipinski definition) is 4. The van der Waals surface area contributed by atoms with E-state index in [4.69, 9.17) is 10.5 Å². The minimum Gasteiger partial charge on any atom is -0.443 e. The molecule has 2 aromatic carbocycles. The number of ether oxygens (including phenoxy) is 1. The van der Waals surface area contributed by atoms with E-state index in [9.17, 15) is 14.0 Å². The molecule has 2 amide bonds. The lowest BCUT2D eigenvalue weighted by atomic mass is 10.1. The number of rotatable bonds is 7. The molecule has 3 N–H and O–H groups in total. The van der Waals surface area contributed by atoms with Gasteiger partial charge >= 0.3 is 6.09 Å². The zero-order chi connectivity index (χ0) is 21.6. The number of nitrogens with one attached hydrogen (secondary N) is 1. The van der Waals surface area contributed by atoms with Gasteiger partial charge in [0.2, 0.25) is 5.91 Å². The highest BCUT2D eigenvalue weighted by molar-refractivity contribution is 5.87. The van der Waals surface area contributed by atoms with Crippen molar-refractivity contribution in [3.63, 3.8) is 0 Å². The van der Waals surface area contributed by atoms with Crippen LogP contribution in [-0.2, 0) is 22.6 Å². The van der Waals surface area contributed by atoms with Crippen LogP contribution in [0.25, 0.3) is 0 Å². The van der Waals surface area contributed by atoms with Crippen molar-refractivity contribution >= 4 is 17.7 Å². The molecule has 0 aliphatic carbocycles. The Morgan fingerprint density at radius 3 is 2.34 bits per heavy atom. The molecule has 1 atom stereocenters. The summed E-state index contributed by atoms with van der Waals surface area (Å²) in [5.74, 6) is -0.788. The summed E-state index contributed by atoms with van der Waals surface area (Å²) in [6, 6.07) is 12.9. The average Bonchev–Trinajstić information content (AvgIpc) is 2.63. The average molecular weight is 401 g/mol. The van der Waals surface area contributed by atoms with Crippen molar-refractivity contribution in [2.75, 3.05) is 4.90 Å². The molecule has 29 heavy (non-hydrogen) atoms. The topological polar surface area (TPSA) is 84.7 Å². The first-order valence-electron chi connectivity index (χ1n) is 9.42. The van der Waals surface area contributed by atoms with Crippen molar-refractivity contribution in [3.8, 4) is 0 Å². The molecule has 0 heterocycles. The molecule has 0 aromatic heterocycles. The van der Waals surface area contributed by atoms with Crippen molar-refractivity contribution in [2.24, 2.45) is 5.73 Å². The number of nitrogens with zero attached hydrogens (tertiary/aromatic N) is 1. The summed E-state index contributed by atoms with van der Waals surface area (Å²) in [4.78, 5) is 25.4. The minimum absolute atomic E-state index is 0.170. The number of amides is 2. The normalized spacial score (nSPS) is 12.3. The molecule has 0 saturated carbocycles. The summed E-state index contributed by atoms with van der Waals surface area (Å²) in [6.07, 6.45) is -0.519. The molecule has 156 valence electrons. The number of primary amides is 1. The molecule has 0 aliphatic heterocycles. The fourth-order valence-electron chi connectivity index (χ4n) is 2.56. The van der Waals surface area contributed by atoms with Crippen LogP contribution in [0.4, 0.5) is 14.9 Å². The Kier molecular flexibility index (Phi) is 7.34. The van der Waals surface area contributed by atoms with Crippen molar-refractivity contribution in [1.29, 1.82) is 0 Å². The summed E-state index contributed by atoms with van der Waals surface area (Å²) in [5.41, 5.74) is 6.78. The number of anilines is 1. The van der Waals surface area contributed by atoms with E-state index in [1.54, 1.807) is 52.0 Å². The van der Waals surface area contributed by atoms with Gasteiger partial charge in [-0.2, -0.15) is 0 Å². The van der Waals surface area contributed by atoms with Crippen LogP contribution >= 0.6 is 0 Å². The first-order chi connectivity index (χ1) is 13.5. The van der Waals surface area contributed by atoms with E-state index in [0.717, 1.165) is 5.56 Å². The molecule has 2 aromatic rings. The van der Waals surface area contributed by atoms with Gasteiger partial charge in [0.15, 0.2) is 0 Å². The highest BCUT2D eigenvalue weighted by Gasteiger charge is 2.24. The standard InChI is InChI=1S/C22H28FN3O3/c1-15(20(24)27)25-13-16-8-10-19(11-9-16)26(21(28)29-22(2,3)4)14-17-6-5-7-18(23)12-17/h5-12,15,25H,13-14H2,1-4H3,(H2,24,27)/t15-/m0/s1. The number of halogens is 1. The number of hydrogen-bond donors (Lipinski definition) is 2. The van der Waals surface area contributed by atoms with Gasteiger partial charge in [-0.3, -0.25) is 9.69 Å². The maximum Gasteiger partial charge on any atom is 0.415 e. The van der Waals surface area contributed by atoms with Crippen LogP contribution in [0, 0.1) is 5.82 Å². The van der Waals surface area contributed by atoms with Gasteiger partial charge in [-0.25, -0.2) is 9.18 Å². The Hall–Kier alpha value is -2.93. The summed E-state index contributed by atoms with van der Waals surface area (Å²) < 4.78 is 19.1. The third-order valence-corrected chi connectivity index (χ3v) is 4.13. The van der Waals surface area contributed by atoms with E-state index in [2.05, 4.69) is 5.32 Å². The van der Waals surface area contributed by atoms with Crippen LogP contribution in [0.15, 0.2) is 48.5 Å². The monoisotopic (exact) mass is 401 g/mol. The van der Waals surface area contributed by atoms with E-state index >= 15 is 0 Å². The van der Waals surface area contributed by atoms with Gasteiger partial charge in [-0.1, -0.05) is 24.3 Å². The van der Waals surface area contributed by atoms with Gasteiger partial charge in [0.25, 0.3) is 0 Å². The number of benzene rings is 2. The first-order valence-corrected chi connectivity index (χ1v) is 9.42. The predicted octanol–water partition coefficient (Wildman–Crippen LogP) is 3.73. The van der Waals surface area contributed by atoms with E-state index in [1.807, 2.05) is 12.1 Å². The van der Waals surface area contributed by atoms with E-state index in [0.29, 0.717) is 17.8 Å². The van der Waals surface area contributed by atoms with Crippen LogP contribution in [0.5, 0.6) is 0 Å².